The van der Waals surface area contributed by atoms with Crippen molar-refractivity contribution in [3.63, 3.8) is 0 Å². The Labute approximate surface area is 202 Å². The van der Waals surface area contributed by atoms with Gasteiger partial charge in [0.05, 0.1) is 17.4 Å². The number of tetrazole rings is 1. The van der Waals surface area contributed by atoms with E-state index in [0.29, 0.717) is 11.7 Å². The summed E-state index contributed by atoms with van der Waals surface area (Å²) in [4.78, 5) is 9.60. The lowest BCUT2D eigenvalue weighted by atomic mass is 9.95. The molecule has 0 saturated carbocycles. The van der Waals surface area contributed by atoms with Gasteiger partial charge in [0.15, 0.2) is 11.6 Å². The molecule has 3 aromatic heterocycles. The summed E-state index contributed by atoms with van der Waals surface area (Å²) in [5.74, 6) is 1.88. The lowest BCUT2D eigenvalue weighted by molar-refractivity contribution is 0.596. The van der Waals surface area contributed by atoms with Crippen LogP contribution in [0.15, 0.2) is 58.8 Å². The number of halogens is 1. The van der Waals surface area contributed by atoms with Crippen molar-refractivity contribution in [1.82, 2.24) is 35.4 Å². The summed E-state index contributed by atoms with van der Waals surface area (Å²) in [7, 11) is 1.92. The normalized spacial score (nSPS) is 12.3. The summed E-state index contributed by atoms with van der Waals surface area (Å²) in [6, 6.07) is 10.3. The number of hydrogen-bond donors (Lipinski definition) is 1. The van der Waals surface area contributed by atoms with Gasteiger partial charge < -0.3 is 0 Å². The van der Waals surface area contributed by atoms with E-state index in [0.717, 1.165) is 57.3 Å². The molecule has 0 aliphatic rings. The predicted molar refractivity (Wildman–Crippen MR) is 137 cm³/mol. The van der Waals surface area contributed by atoms with E-state index in [9.17, 15) is 0 Å². The zero-order chi connectivity index (χ0) is 23.8. The maximum Gasteiger partial charge on any atom is 0.171 e. The van der Waals surface area contributed by atoms with Gasteiger partial charge in [-0.1, -0.05) is 50.3 Å². The summed E-state index contributed by atoms with van der Waals surface area (Å²) in [5, 5.41) is 18.3. The fourth-order valence-corrected chi connectivity index (χ4v) is 3.98. The number of aryl methyl sites for hydroxylation is 2. The number of pyridine rings is 1. The summed E-state index contributed by atoms with van der Waals surface area (Å²) in [5.41, 5.74) is 3.98. The van der Waals surface area contributed by atoms with Crippen LogP contribution in [0.25, 0.3) is 22.0 Å². The highest BCUT2D eigenvalue weighted by Gasteiger charge is 2.18. The van der Waals surface area contributed by atoms with Crippen LogP contribution in [0.1, 0.15) is 38.9 Å². The van der Waals surface area contributed by atoms with Gasteiger partial charge in [-0.15, -0.1) is 10.2 Å². The molecule has 8 nitrogen and oxygen atoms in total. The van der Waals surface area contributed by atoms with Gasteiger partial charge in [0.25, 0.3) is 0 Å². The topological polar surface area (TPSA) is 97.5 Å². The summed E-state index contributed by atoms with van der Waals surface area (Å²) < 4.78 is 2.66. The number of H-pyrrole nitrogens is 1. The molecule has 9 heteroatoms. The Morgan fingerprint density at radius 2 is 2.03 bits per heavy atom. The van der Waals surface area contributed by atoms with Gasteiger partial charge in [0, 0.05) is 40.2 Å². The number of rotatable bonds is 7. The third-order valence-corrected chi connectivity index (χ3v) is 5.69. The fraction of sp³-hybridized carbons (Fsp3) is 0.333. The Balaban J connectivity index is 0.000000442. The Bertz CT molecular complexity index is 1230. The zero-order valence-electron chi connectivity index (χ0n) is 19.5. The quantitative estimate of drug-likeness (QED) is 0.311. The van der Waals surface area contributed by atoms with Crippen molar-refractivity contribution in [2.75, 3.05) is 0 Å². The minimum absolute atomic E-state index is 0.374. The van der Waals surface area contributed by atoms with Crippen LogP contribution in [0.2, 0.25) is 0 Å². The minimum Gasteiger partial charge on any atom is -0.256 e. The van der Waals surface area contributed by atoms with Crippen LogP contribution in [0.5, 0.6) is 0 Å². The summed E-state index contributed by atoms with van der Waals surface area (Å²) >= 11 is 3.57. The number of aromatic amines is 1. The number of para-hydroxylation sites is 1. The molecule has 172 valence electrons. The monoisotopic (exact) mass is 508 g/mol. The Morgan fingerprint density at radius 3 is 2.64 bits per heavy atom. The molecule has 4 aromatic rings. The number of fused-ring (bicyclic) bond motifs is 1. The van der Waals surface area contributed by atoms with Crippen LogP contribution >= 0.6 is 15.9 Å². The lowest BCUT2D eigenvalue weighted by Gasteiger charge is -2.17. The van der Waals surface area contributed by atoms with Crippen LogP contribution in [0.3, 0.4) is 0 Å². The van der Waals surface area contributed by atoms with E-state index >= 15 is 0 Å². The number of hydrogen-bond acceptors (Lipinski definition) is 6. The molecule has 1 N–H and O–H groups in total. The van der Waals surface area contributed by atoms with Gasteiger partial charge in [-0.2, -0.15) is 10.3 Å². The molecule has 0 aliphatic carbocycles. The molecular weight excluding hydrogens is 480 g/mol. The summed E-state index contributed by atoms with van der Waals surface area (Å²) in [6.45, 7) is 10.3. The first-order valence-electron chi connectivity index (χ1n) is 10.9. The van der Waals surface area contributed by atoms with Crippen LogP contribution in [-0.2, 0) is 7.05 Å². The van der Waals surface area contributed by atoms with Gasteiger partial charge in [0.2, 0.25) is 0 Å². The maximum atomic E-state index is 5.01. The number of benzene rings is 1. The highest BCUT2D eigenvalue weighted by Crippen LogP contribution is 2.33. The first-order valence-corrected chi connectivity index (χ1v) is 11.7. The second-order valence-electron chi connectivity index (χ2n) is 7.68. The highest BCUT2D eigenvalue weighted by molar-refractivity contribution is 9.12. The van der Waals surface area contributed by atoms with Crippen molar-refractivity contribution < 1.29 is 0 Å². The second kappa shape index (κ2) is 11.6. The Hall–Kier alpha value is -3.20. The van der Waals surface area contributed by atoms with Crippen molar-refractivity contribution in [3.05, 3.63) is 59.6 Å². The van der Waals surface area contributed by atoms with E-state index in [1.54, 1.807) is 6.92 Å². The molecule has 0 spiro atoms. The van der Waals surface area contributed by atoms with Crippen LogP contribution in [0.4, 0.5) is 5.82 Å². The molecule has 0 fully saturated rings. The van der Waals surface area contributed by atoms with Crippen molar-refractivity contribution in [2.24, 2.45) is 18.0 Å². The lowest BCUT2D eigenvalue weighted by Crippen LogP contribution is -2.14. The molecule has 0 bridgehead atoms. The van der Waals surface area contributed by atoms with E-state index in [1.807, 2.05) is 42.3 Å². The maximum absolute atomic E-state index is 5.01. The van der Waals surface area contributed by atoms with E-state index in [1.165, 1.54) is 0 Å². The molecule has 0 radical (unpaired) electrons. The van der Waals surface area contributed by atoms with Gasteiger partial charge in [-0.3, -0.25) is 9.67 Å². The third kappa shape index (κ3) is 6.19. The number of nitrogens with one attached hydrogen (secondary N) is 1. The Kier molecular flexibility index (Phi) is 8.59. The second-order valence-corrected chi connectivity index (χ2v) is 8.63. The number of allylic oxidation sites excluding steroid dienone is 1. The van der Waals surface area contributed by atoms with Crippen molar-refractivity contribution >= 4 is 38.4 Å². The van der Waals surface area contributed by atoms with Gasteiger partial charge in [-0.05, 0) is 47.8 Å². The smallest absolute Gasteiger partial charge is 0.171 e. The highest BCUT2D eigenvalue weighted by atomic mass is 79.9. The molecule has 1 unspecified atom stereocenters. The summed E-state index contributed by atoms with van der Waals surface area (Å²) in [6.07, 6.45) is 6.99. The number of aliphatic imine (C=N–C) groups is 1. The SMILES string of the molecule is C=C(Br)/C(=N\c1c(-c2cnc3ccccc3c2)cnn1C)C(CC)CCC.Cc1nn[nH]n1. The molecular formula is C24H29BrN8. The zero-order valence-corrected chi connectivity index (χ0v) is 21.0. The van der Waals surface area contributed by atoms with E-state index in [-0.39, 0.29) is 0 Å². The molecule has 0 saturated heterocycles. The molecule has 0 amide bonds. The average molecular weight is 509 g/mol. The molecule has 1 aromatic carbocycles. The average Bonchev–Trinajstić information content (AvgIpc) is 3.44. The molecule has 1 atom stereocenters. The van der Waals surface area contributed by atoms with Gasteiger partial charge >= 0.3 is 0 Å². The van der Waals surface area contributed by atoms with Crippen LogP contribution in [0, 0.1) is 12.8 Å². The standard InChI is InChI=1S/C22H25BrN4.C2H4N4/c1-5-9-16(6-2)21(15(3)23)26-22-19(14-25-27(22)4)18-12-17-10-7-8-11-20(17)24-13-18;1-2-3-5-6-4-2/h7-8,10-14,16H,3,5-6,9H2,1-2,4H3;1H3,(H,3,4,5,6)/b26-21+;. The number of aromatic nitrogens is 7. The van der Waals surface area contributed by atoms with Crippen molar-refractivity contribution in [2.45, 2.75) is 40.0 Å². The van der Waals surface area contributed by atoms with Crippen molar-refractivity contribution in [1.29, 1.82) is 0 Å². The van der Waals surface area contributed by atoms with E-state index < -0.39 is 0 Å². The van der Waals surface area contributed by atoms with Gasteiger partial charge in [0.1, 0.15) is 0 Å². The van der Waals surface area contributed by atoms with Crippen LogP contribution in [-0.4, -0.2) is 41.1 Å². The number of nitrogens with zero attached hydrogens (tertiary/aromatic N) is 7. The minimum atomic E-state index is 0.374. The predicted octanol–water partition coefficient (Wildman–Crippen LogP) is 5.95. The van der Waals surface area contributed by atoms with Crippen molar-refractivity contribution in [3.8, 4) is 11.1 Å². The van der Waals surface area contributed by atoms with E-state index in [4.69, 9.17) is 4.99 Å². The largest absolute Gasteiger partial charge is 0.256 e. The first kappa shape index (κ1) is 24.4. The first-order chi connectivity index (χ1) is 15.9. The van der Waals surface area contributed by atoms with Gasteiger partial charge in [-0.25, -0.2) is 4.99 Å². The fourth-order valence-electron chi connectivity index (χ4n) is 3.57. The van der Waals surface area contributed by atoms with E-state index in [2.05, 4.69) is 79.2 Å². The molecule has 3 heterocycles. The van der Waals surface area contributed by atoms with Crippen LogP contribution < -0.4 is 0 Å². The Morgan fingerprint density at radius 1 is 1.24 bits per heavy atom. The molecule has 4 rings (SSSR count). The molecule has 0 aliphatic heterocycles. The third-order valence-electron chi connectivity index (χ3n) is 5.28. The molecule has 33 heavy (non-hydrogen) atoms.